The number of hydrogen-bond acceptors (Lipinski definition) is 4. The first-order valence-corrected chi connectivity index (χ1v) is 5.14. The number of hydroxylamine groups is 1. The summed E-state index contributed by atoms with van der Waals surface area (Å²) < 4.78 is 0. The van der Waals surface area contributed by atoms with Crippen molar-refractivity contribution in [2.45, 2.75) is 45.7 Å². The van der Waals surface area contributed by atoms with Crippen LogP contribution in [0.5, 0.6) is 0 Å². The highest BCUT2D eigenvalue weighted by molar-refractivity contribution is 5.87. The maximum absolute atomic E-state index is 11.1. The molecule has 2 N–H and O–H groups in total. The van der Waals surface area contributed by atoms with Crippen molar-refractivity contribution in [1.29, 1.82) is 0 Å². The summed E-state index contributed by atoms with van der Waals surface area (Å²) in [6.45, 7) is 10.4. The Kier molecular flexibility index (Phi) is 5.74. The summed E-state index contributed by atoms with van der Waals surface area (Å²) >= 11 is 0. The fourth-order valence-corrected chi connectivity index (χ4v) is 1.43. The number of carbonyl (C=O) groups is 2. The summed E-state index contributed by atoms with van der Waals surface area (Å²) in [5, 5.41) is 2.79. The molecule has 5 heteroatoms. The minimum Gasteiger partial charge on any atom is -0.371 e. The van der Waals surface area contributed by atoms with E-state index in [2.05, 4.69) is 22.2 Å². The van der Waals surface area contributed by atoms with E-state index in [9.17, 15) is 9.59 Å². The van der Waals surface area contributed by atoms with Crippen molar-refractivity contribution in [1.82, 2.24) is 10.8 Å². The summed E-state index contributed by atoms with van der Waals surface area (Å²) in [7, 11) is 0. The summed E-state index contributed by atoms with van der Waals surface area (Å²) in [6, 6.07) is -0.0518. The Balaban J connectivity index is 4.08. The standard InChI is InChI=1S/C11H20N2O3/c1-6-10(15)12-11(4,5)7-8(2)13-16-9(3)14/h6,8,13H,1,7H2,2-5H3,(H,12,15). The van der Waals surface area contributed by atoms with Gasteiger partial charge in [-0.2, -0.15) is 5.48 Å². The molecule has 1 unspecified atom stereocenters. The van der Waals surface area contributed by atoms with Crippen LogP contribution in [0, 0.1) is 0 Å². The van der Waals surface area contributed by atoms with Gasteiger partial charge in [-0.25, -0.2) is 0 Å². The maximum atomic E-state index is 11.1. The third kappa shape index (κ3) is 7.00. The Hall–Kier alpha value is -1.36. The number of rotatable bonds is 6. The second-order valence-electron chi connectivity index (χ2n) is 4.39. The predicted molar refractivity (Wildman–Crippen MR) is 61.4 cm³/mol. The molecule has 0 aliphatic heterocycles. The smallest absolute Gasteiger partial charge is 0.321 e. The summed E-state index contributed by atoms with van der Waals surface area (Å²) in [6.07, 6.45) is 1.85. The predicted octanol–water partition coefficient (Wildman–Crippen LogP) is 0.913. The fraction of sp³-hybridized carbons (Fsp3) is 0.636. The molecular formula is C11H20N2O3. The minimum atomic E-state index is -0.391. The fourth-order valence-electron chi connectivity index (χ4n) is 1.43. The second-order valence-corrected chi connectivity index (χ2v) is 4.39. The maximum Gasteiger partial charge on any atom is 0.321 e. The van der Waals surface area contributed by atoms with Gasteiger partial charge >= 0.3 is 5.97 Å². The zero-order valence-electron chi connectivity index (χ0n) is 10.3. The van der Waals surface area contributed by atoms with Crippen LogP contribution in [0.3, 0.4) is 0 Å². The molecule has 0 bridgehead atoms. The molecule has 0 aliphatic rings. The molecule has 0 aromatic rings. The highest BCUT2D eigenvalue weighted by atomic mass is 16.7. The molecule has 1 amide bonds. The van der Waals surface area contributed by atoms with Gasteiger partial charge in [-0.1, -0.05) is 6.58 Å². The number of carbonyl (C=O) groups excluding carboxylic acids is 2. The van der Waals surface area contributed by atoms with Crippen LogP contribution in [-0.4, -0.2) is 23.5 Å². The second kappa shape index (κ2) is 6.27. The molecular weight excluding hydrogens is 208 g/mol. The molecule has 0 heterocycles. The highest BCUT2D eigenvalue weighted by Crippen LogP contribution is 2.11. The minimum absolute atomic E-state index is 0.0518. The summed E-state index contributed by atoms with van der Waals surface area (Å²) in [4.78, 5) is 26.4. The van der Waals surface area contributed by atoms with Crippen molar-refractivity contribution < 1.29 is 14.4 Å². The summed E-state index contributed by atoms with van der Waals surface area (Å²) in [5.74, 6) is -0.607. The molecule has 0 aromatic heterocycles. The van der Waals surface area contributed by atoms with Crippen LogP contribution in [0.4, 0.5) is 0 Å². The van der Waals surface area contributed by atoms with Gasteiger partial charge in [0.2, 0.25) is 5.91 Å². The Bertz CT molecular complexity index is 274. The first kappa shape index (κ1) is 14.6. The first-order valence-electron chi connectivity index (χ1n) is 5.14. The van der Waals surface area contributed by atoms with Crippen molar-refractivity contribution in [2.24, 2.45) is 0 Å². The van der Waals surface area contributed by atoms with Crippen LogP contribution in [0.2, 0.25) is 0 Å². The number of hydrogen-bond donors (Lipinski definition) is 2. The van der Waals surface area contributed by atoms with E-state index in [1.165, 1.54) is 13.0 Å². The van der Waals surface area contributed by atoms with Gasteiger partial charge in [-0.15, -0.1) is 0 Å². The number of amides is 1. The van der Waals surface area contributed by atoms with Crippen molar-refractivity contribution in [2.75, 3.05) is 0 Å². The van der Waals surface area contributed by atoms with E-state index in [1.54, 1.807) is 0 Å². The van der Waals surface area contributed by atoms with E-state index >= 15 is 0 Å². The lowest BCUT2D eigenvalue weighted by Gasteiger charge is -2.28. The lowest BCUT2D eigenvalue weighted by molar-refractivity contribution is -0.150. The Labute approximate surface area is 96.2 Å². The van der Waals surface area contributed by atoms with Gasteiger partial charge in [0.05, 0.1) is 0 Å². The van der Waals surface area contributed by atoms with Gasteiger partial charge in [0, 0.05) is 18.5 Å². The molecule has 92 valence electrons. The van der Waals surface area contributed by atoms with Crippen LogP contribution in [0.15, 0.2) is 12.7 Å². The molecule has 1 atom stereocenters. The van der Waals surface area contributed by atoms with Crippen LogP contribution in [0.25, 0.3) is 0 Å². The molecule has 0 saturated heterocycles. The molecule has 0 aliphatic carbocycles. The molecule has 0 fully saturated rings. The van der Waals surface area contributed by atoms with Gasteiger partial charge in [0.1, 0.15) is 0 Å². The monoisotopic (exact) mass is 228 g/mol. The van der Waals surface area contributed by atoms with E-state index in [1.807, 2.05) is 20.8 Å². The molecule has 0 saturated carbocycles. The van der Waals surface area contributed by atoms with E-state index in [0.717, 1.165) is 0 Å². The Morgan fingerprint density at radius 3 is 2.50 bits per heavy atom. The van der Waals surface area contributed by atoms with E-state index < -0.39 is 5.54 Å². The lowest BCUT2D eigenvalue weighted by Crippen LogP contribution is -2.47. The van der Waals surface area contributed by atoms with E-state index in [0.29, 0.717) is 6.42 Å². The number of nitrogens with one attached hydrogen (secondary N) is 2. The van der Waals surface area contributed by atoms with Gasteiger partial charge in [-0.05, 0) is 33.3 Å². The first-order chi connectivity index (χ1) is 7.26. The molecule has 0 radical (unpaired) electrons. The molecule has 16 heavy (non-hydrogen) atoms. The van der Waals surface area contributed by atoms with Crippen molar-refractivity contribution >= 4 is 11.9 Å². The average molecular weight is 228 g/mol. The highest BCUT2D eigenvalue weighted by Gasteiger charge is 2.22. The van der Waals surface area contributed by atoms with Crippen molar-refractivity contribution in [3.05, 3.63) is 12.7 Å². The van der Waals surface area contributed by atoms with E-state index in [-0.39, 0.29) is 17.9 Å². The van der Waals surface area contributed by atoms with Gasteiger partial charge in [0.15, 0.2) is 0 Å². The third-order valence-electron chi connectivity index (χ3n) is 1.87. The van der Waals surface area contributed by atoms with Gasteiger partial charge in [-0.3, -0.25) is 9.59 Å². The lowest BCUT2D eigenvalue weighted by atomic mass is 9.96. The third-order valence-corrected chi connectivity index (χ3v) is 1.87. The van der Waals surface area contributed by atoms with Gasteiger partial charge in [0.25, 0.3) is 0 Å². The molecule has 0 rings (SSSR count). The van der Waals surface area contributed by atoms with E-state index in [4.69, 9.17) is 0 Å². The zero-order chi connectivity index (χ0) is 12.8. The van der Waals surface area contributed by atoms with Crippen LogP contribution in [0.1, 0.15) is 34.1 Å². The largest absolute Gasteiger partial charge is 0.371 e. The van der Waals surface area contributed by atoms with Crippen LogP contribution >= 0.6 is 0 Å². The molecule has 0 spiro atoms. The quantitative estimate of drug-likeness (QED) is 0.524. The normalized spacial score (nSPS) is 12.8. The van der Waals surface area contributed by atoms with Crippen LogP contribution in [-0.2, 0) is 14.4 Å². The van der Waals surface area contributed by atoms with Crippen LogP contribution < -0.4 is 10.8 Å². The SMILES string of the molecule is C=CC(=O)NC(C)(C)CC(C)NOC(C)=O. The average Bonchev–Trinajstić information content (AvgIpc) is 2.13. The van der Waals surface area contributed by atoms with Crippen molar-refractivity contribution in [3.63, 3.8) is 0 Å². The Morgan fingerprint density at radius 1 is 1.50 bits per heavy atom. The van der Waals surface area contributed by atoms with Crippen molar-refractivity contribution in [3.8, 4) is 0 Å². The Morgan fingerprint density at radius 2 is 2.06 bits per heavy atom. The topological polar surface area (TPSA) is 67.4 Å². The zero-order valence-corrected chi connectivity index (χ0v) is 10.3. The summed E-state index contributed by atoms with van der Waals surface area (Å²) in [5.41, 5.74) is 2.21. The molecule has 0 aromatic carbocycles. The van der Waals surface area contributed by atoms with Gasteiger partial charge < -0.3 is 10.2 Å². The molecule has 5 nitrogen and oxygen atoms in total.